The van der Waals surface area contributed by atoms with Gasteiger partial charge in [0.15, 0.2) is 0 Å². The smallest absolute Gasteiger partial charge is 0.407 e. The summed E-state index contributed by atoms with van der Waals surface area (Å²) in [7, 11) is 4.45. The van der Waals surface area contributed by atoms with Crippen molar-refractivity contribution in [3.63, 3.8) is 0 Å². The fraction of sp³-hybridized carbons (Fsp3) is 0.269. The molecule has 0 radical (unpaired) electrons. The zero-order chi connectivity index (χ0) is 24.0. The van der Waals surface area contributed by atoms with E-state index in [0.29, 0.717) is 6.42 Å². The van der Waals surface area contributed by atoms with Gasteiger partial charge in [0.2, 0.25) is 11.8 Å². The molecular weight excluding hydrogens is 418 g/mol. The molecule has 2 N–H and O–H groups in total. The molecule has 3 rings (SSSR count). The Morgan fingerprint density at radius 3 is 2.03 bits per heavy atom. The summed E-state index contributed by atoms with van der Waals surface area (Å²) in [5.74, 6) is -0.741. The summed E-state index contributed by atoms with van der Waals surface area (Å²) in [6.45, 7) is 0. The molecule has 0 spiro atoms. The summed E-state index contributed by atoms with van der Waals surface area (Å²) in [4.78, 5) is 40.4. The Hall–Kier alpha value is -3.87. The highest BCUT2D eigenvalue weighted by Gasteiger charge is 2.34. The second kappa shape index (κ2) is 10.6. The maximum absolute atomic E-state index is 13.6. The lowest BCUT2D eigenvalue weighted by Crippen LogP contribution is -2.55. The van der Waals surface area contributed by atoms with Gasteiger partial charge in [0.25, 0.3) is 0 Å². The van der Waals surface area contributed by atoms with E-state index in [4.69, 9.17) is 0 Å². The number of benzene rings is 3. The number of hydrogen-bond acceptors (Lipinski definition) is 3. The first kappa shape index (κ1) is 23.8. The second-order valence-electron chi connectivity index (χ2n) is 8.06. The molecule has 0 aliphatic heterocycles. The summed E-state index contributed by atoms with van der Waals surface area (Å²) in [5, 5.41) is 14.3. The molecule has 2 atom stereocenters. The van der Waals surface area contributed by atoms with Crippen LogP contribution in [0.4, 0.5) is 4.79 Å². The number of carbonyl (C=O) groups excluding carboxylic acids is 2. The van der Waals surface area contributed by atoms with Gasteiger partial charge in [0.1, 0.15) is 12.1 Å². The summed E-state index contributed by atoms with van der Waals surface area (Å²) in [5.41, 5.74) is 1.75. The minimum atomic E-state index is -1.21. The monoisotopic (exact) mass is 447 g/mol. The first-order valence-corrected chi connectivity index (χ1v) is 10.8. The SMILES string of the molecule is CNC(=O)C(Cc1ccccc1)N(C)C(=O)C(Cc1ccc2ccccc2c1)N(C)C(=O)O. The highest BCUT2D eigenvalue weighted by molar-refractivity contribution is 5.91. The van der Waals surface area contributed by atoms with Crippen LogP contribution >= 0.6 is 0 Å². The summed E-state index contributed by atoms with van der Waals surface area (Å²) < 4.78 is 0. The lowest BCUT2D eigenvalue weighted by molar-refractivity contribution is -0.142. The summed E-state index contributed by atoms with van der Waals surface area (Å²) >= 11 is 0. The molecule has 0 aromatic heterocycles. The normalized spacial score (nSPS) is 12.6. The van der Waals surface area contributed by atoms with Gasteiger partial charge in [0.05, 0.1) is 0 Å². The molecule has 0 saturated heterocycles. The number of hydrogen-bond donors (Lipinski definition) is 2. The number of likely N-dealkylation sites (N-methyl/N-ethyl adjacent to an activating group) is 3. The van der Waals surface area contributed by atoms with E-state index in [9.17, 15) is 19.5 Å². The van der Waals surface area contributed by atoms with E-state index in [1.54, 1.807) is 7.05 Å². The molecule has 0 aliphatic carbocycles. The number of fused-ring (bicyclic) bond motifs is 1. The number of amides is 3. The van der Waals surface area contributed by atoms with Crippen LogP contribution in [0.2, 0.25) is 0 Å². The quantitative estimate of drug-likeness (QED) is 0.555. The number of nitrogens with one attached hydrogen (secondary N) is 1. The van der Waals surface area contributed by atoms with E-state index in [2.05, 4.69) is 5.32 Å². The fourth-order valence-corrected chi connectivity index (χ4v) is 3.91. The Balaban J connectivity index is 1.89. The second-order valence-corrected chi connectivity index (χ2v) is 8.06. The van der Waals surface area contributed by atoms with Gasteiger partial charge in [-0.05, 0) is 21.9 Å². The molecule has 0 fully saturated rings. The van der Waals surface area contributed by atoms with Crippen molar-refractivity contribution in [2.75, 3.05) is 21.1 Å². The molecule has 0 aliphatic rings. The summed E-state index contributed by atoms with van der Waals surface area (Å²) in [6, 6.07) is 21.4. The van der Waals surface area contributed by atoms with Gasteiger partial charge in [-0.25, -0.2) is 4.79 Å². The number of carbonyl (C=O) groups is 3. The average molecular weight is 448 g/mol. The first-order valence-electron chi connectivity index (χ1n) is 10.8. The van der Waals surface area contributed by atoms with Crippen LogP contribution in [-0.4, -0.2) is 66.0 Å². The molecule has 33 heavy (non-hydrogen) atoms. The molecule has 0 heterocycles. The van der Waals surface area contributed by atoms with Crippen molar-refractivity contribution < 1.29 is 19.5 Å². The minimum absolute atomic E-state index is 0.197. The Bertz CT molecular complexity index is 1130. The maximum atomic E-state index is 13.6. The standard InChI is InChI=1S/C26H29N3O4/c1-27-24(30)22(16-18-9-5-4-6-10-18)28(2)25(31)23(29(3)26(32)33)17-19-13-14-20-11-7-8-12-21(20)15-19/h4-15,22-23H,16-17H2,1-3H3,(H,27,30)(H,32,33). The Morgan fingerprint density at radius 2 is 1.39 bits per heavy atom. The van der Waals surface area contributed by atoms with Crippen LogP contribution in [0, 0.1) is 0 Å². The van der Waals surface area contributed by atoms with E-state index in [1.807, 2.05) is 72.8 Å². The third kappa shape index (κ3) is 5.68. The average Bonchev–Trinajstić information content (AvgIpc) is 2.84. The van der Waals surface area contributed by atoms with Gasteiger partial charge in [0, 0.05) is 34.0 Å². The van der Waals surface area contributed by atoms with Gasteiger partial charge in [-0.2, -0.15) is 0 Å². The van der Waals surface area contributed by atoms with Gasteiger partial charge in [-0.3, -0.25) is 14.5 Å². The van der Waals surface area contributed by atoms with Crippen LogP contribution in [0.25, 0.3) is 10.8 Å². The predicted octanol–water partition coefficient (Wildman–Crippen LogP) is 3.18. The fourth-order valence-electron chi connectivity index (χ4n) is 3.91. The molecule has 0 bridgehead atoms. The van der Waals surface area contributed by atoms with E-state index < -0.39 is 24.1 Å². The van der Waals surface area contributed by atoms with Crippen LogP contribution in [0.1, 0.15) is 11.1 Å². The first-order chi connectivity index (χ1) is 15.8. The lowest BCUT2D eigenvalue weighted by atomic mass is 9.98. The molecule has 172 valence electrons. The molecule has 3 aromatic carbocycles. The zero-order valence-corrected chi connectivity index (χ0v) is 19.1. The highest BCUT2D eigenvalue weighted by Crippen LogP contribution is 2.19. The molecule has 3 amide bonds. The van der Waals surface area contributed by atoms with Crippen LogP contribution in [0.15, 0.2) is 72.8 Å². The Kier molecular flexibility index (Phi) is 7.66. The minimum Gasteiger partial charge on any atom is -0.465 e. The third-order valence-corrected chi connectivity index (χ3v) is 5.93. The van der Waals surface area contributed by atoms with Crippen molar-refractivity contribution in [1.29, 1.82) is 0 Å². The van der Waals surface area contributed by atoms with Crippen LogP contribution in [0.3, 0.4) is 0 Å². The third-order valence-electron chi connectivity index (χ3n) is 5.93. The van der Waals surface area contributed by atoms with E-state index >= 15 is 0 Å². The molecule has 3 aromatic rings. The van der Waals surface area contributed by atoms with Crippen molar-refractivity contribution in [3.05, 3.63) is 83.9 Å². The molecule has 7 heteroatoms. The topological polar surface area (TPSA) is 90.0 Å². The van der Waals surface area contributed by atoms with Crippen molar-refractivity contribution in [2.24, 2.45) is 0 Å². The number of carboxylic acid groups (broad SMARTS) is 1. The zero-order valence-electron chi connectivity index (χ0n) is 19.1. The van der Waals surface area contributed by atoms with E-state index in [1.165, 1.54) is 19.0 Å². The van der Waals surface area contributed by atoms with E-state index in [0.717, 1.165) is 26.8 Å². The van der Waals surface area contributed by atoms with Crippen LogP contribution < -0.4 is 5.32 Å². The maximum Gasteiger partial charge on any atom is 0.407 e. The van der Waals surface area contributed by atoms with E-state index in [-0.39, 0.29) is 12.3 Å². The van der Waals surface area contributed by atoms with Gasteiger partial charge in [-0.15, -0.1) is 0 Å². The molecule has 0 saturated carbocycles. The lowest BCUT2D eigenvalue weighted by Gasteiger charge is -2.33. The van der Waals surface area contributed by atoms with Crippen molar-refractivity contribution in [2.45, 2.75) is 24.9 Å². The van der Waals surface area contributed by atoms with Crippen LogP contribution in [-0.2, 0) is 22.4 Å². The number of rotatable bonds is 8. The highest BCUT2D eigenvalue weighted by atomic mass is 16.4. The van der Waals surface area contributed by atoms with Crippen molar-refractivity contribution in [3.8, 4) is 0 Å². The molecule has 7 nitrogen and oxygen atoms in total. The van der Waals surface area contributed by atoms with Crippen LogP contribution in [0.5, 0.6) is 0 Å². The van der Waals surface area contributed by atoms with Gasteiger partial charge < -0.3 is 15.3 Å². The summed E-state index contributed by atoms with van der Waals surface area (Å²) in [6.07, 6.45) is -0.688. The number of nitrogens with zero attached hydrogens (tertiary/aromatic N) is 2. The van der Waals surface area contributed by atoms with Crippen molar-refractivity contribution >= 4 is 28.7 Å². The predicted molar refractivity (Wildman–Crippen MR) is 128 cm³/mol. The van der Waals surface area contributed by atoms with Gasteiger partial charge >= 0.3 is 6.09 Å². The Morgan fingerprint density at radius 1 is 0.788 bits per heavy atom. The van der Waals surface area contributed by atoms with Crippen molar-refractivity contribution in [1.82, 2.24) is 15.1 Å². The molecule has 2 unspecified atom stereocenters. The Labute approximate surface area is 193 Å². The largest absolute Gasteiger partial charge is 0.465 e. The molecular formula is C26H29N3O4. The van der Waals surface area contributed by atoms with Gasteiger partial charge in [-0.1, -0.05) is 72.8 Å².